The molecule has 0 aliphatic rings. The predicted molar refractivity (Wildman–Crippen MR) is 70.2 cm³/mol. The van der Waals surface area contributed by atoms with E-state index in [0.29, 0.717) is 5.69 Å². The largest absolute Gasteiger partial charge is 0.323 e. The van der Waals surface area contributed by atoms with Crippen molar-refractivity contribution < 1.29 is 4.79 Å². The molecular weight excluding hydrogens is 230 g/mol. The van der Waals surface area contributed by atoms with Crippen LogP contribution >= 0.6 is 0 Å². The monoisotopic (exact) mass is 247 g/mol. The SMILES string of the molecule is CC(N)C(=O)Nc1cnc2c(cnn2C(C)C)c1. The van der Waals surface area contributed by atoms with Gasteiger partial charge in [0.1, 0.15) is 0 Å². The van der Waals surface area contributed by atoms with Gasteiger partial charge in [-0.15, -0.1) is 0 Å². The third-order valence-corrected chi connectivity index (χ3v) is 2.60. The van der Waals surface area contributed by atoms with Crippen molar-refractivity contribution in [3.05, 3.63) is 18.5 Å². The molecule has 0 aliphatic carbocycles. The maximum absolute atomic E-state index is 11.5. The van der Waals surface area contributed by atoms with E-state index in [4.69, 9.17) is 5.73 Å². The number of nitrogens with two attached hydrogens (primary N) is 1. The topological polar surface area (TPSA) is 85.8 Å². The number of anilines is 1. The summed E-state index contributed by atoms with van der Waals surface area (Å²) in [4.78, 5) is 15.8. The van der Waals surface area contributed by atoms with Crippen LogP contribution in [-0.2, 0) is 4.79 Å². The lowest BCUT2D eigenvalue weighted by molar-refractivity contribution is -0.117. The highest BCUT2D eigenvalue weighted by molar-refractivity contribution is 5.95. The molecule has 18 heavy (non-hydrogen) atoms. The van der Waals surface area contributed by atoms with E-state index in [9.17, 15) is 4.79 Å². The van der Waals surface area contributed by atoms with Gasteiger partial charge in [-0.05, 0) is 26.8 Å². The zero-order valence-corrected chi connectivity index (χ0v) is 10.7. The van der Waals surface area contributed by atoms with Crippen LogP contribution in [0.25, 0.3) is 11.0 Å². The minimum atomic E-state index is -0.543. The van der Waals surface area contributed by atoms with Crippen molar-refractivity contribution in [3.63, 3.8) is 0 Å². The van der Waals surface area contributed by atoms with Gasteiger partial charge < -0.3 is 11.1 Å². The lowest BCUT2D eigenvalue weighted by Gasteiger charge is -2.08. The second-order valence-electron chi connectivity index (χ2n) is 4.60. The first kappa shape index (κ1) is 12.5. The summed E-state index contributed by atoms with van der Waals surface area (Å²) in [6, 6.07) is 1.55. The second-order valence-corrected chi connectivity index (χ2v) is 4.60. The van der Waals surface area contributed by atoms with Crippen molar-refractivity contribution in [2.75, 3.05) is 5.32 Å². The molecule has 0 saturated carbocycles. The summed E-state index contributed by atoms with van der Waals surface area (Å²) in [6.45, 7) is 5.72. The van der Waals surface area contributed by atoms with E-state index < -0.39 is 6.04 Å². The molecule has 0 bridgehead atoms. The van der Waals surface area contributed by atoms with E-state index in [1.807, 2.05) is 24.6 Å². The number of nitrogens with zero attached hydrogens (tertiary/aromatic N) is 3. The van der Waals surface area contributed by atoms with Crippen LogP contribution in [0, 0.1) is 0 Å². The van der Waals surface area contributed by atoms with Crippen LogP contribution in [0.1, 0.15) is 26.8 Å². The number of hydrogen-bond acceptors (Lipinski definition) is 4. The van der Waals surface area contributed by atoms with Crippen LogP contribution in [0.4, 0.5) is 5.69 Å². The van der Waals surface area contributed by atoms with E-state index >= 15 is 0 Å². The van der Waals surface area contributed by atoms with Crippen LogP contribution in [0.3, 0.4) is 0 Å². The Hall–Kier alpha value is -1.95. The van der Waals surface area contributed by atoms with Gasteiger partial charge in [-0.2, -0.15) is 5.10 Å². The molecule has 96 valence electrons. The summed E-state index contributed by atoms with van der Waals surface area (Å²) >= 11 is 0. The van der Waals surface area contributed by atoms with E-state index in [2.05, 4.69) is 15.4 Å². The Labute approximate surface area is 105 Å². The molecule has 2 aromatic rings. The summed E-state index contributed by atoms with van der Waals surface area (Å²) in [7, 11) is 0. The summed E-state index contributed by atoms with van der Waals surface area (Å²) < 4.78 is 1.84. The quantitative estimate of drug-likeness (QED) is 0.856. The molecule has 0 aliphatic heterocycles. The fourth-order valence-electron chi connectivity index (χ4n) is 1.64. The average molecular weight is 247 g/mol. The van der Waals surface area contributed by atoms with Gasteiger partial charge in [0.25, 0.3) is 0 Å². The van der Waals surface area contributed by atoms with Gasteiger partial charge in [-0.1, -0.05) is 0 Å². The standard InChI is InChI=1S/C12H17N5O/c1-7(2)17-11-9(5-15-17)4-10(6-14-11)16-12(18)8(3)13/h4-8H,13H2,1-3H3,(H,16,18). The molecule has 6 nitrogen and oxygen atoms in total. The fourth-order valence-corrected chi connectivity index (χ4v) is 1.64. The molecule has 6 heteroatoms. The van der Waals surface area contributed by atoms with E-state index in [1.165, 1.54) is 0 Å². The Morgan fingerprint density at radius 3 is 2.72 bits per heavy atom. The van der Waals surface area contributed by atoms with Crippen LogP contribution in [-0.4, -0.2) is 26.7 Å². The van der Waals surface area contributed by atoms with Crippen LogP contribution in [0.2, 0.25) is 0 Å². The van der Waals surface area contributed by atoms with Crippen molar-refractivity contribution in [2.45, 2.75) is 32.9 Å². The summed E-state index contributed by atoms with van der Waals surface area (Å²) in [5, 5.41) is 7.87. The van der Waals surface area contributed by atoms with Crippen LogP contribution in [0.5, 0.6) is 0 Å². The first-order chi connectivity index (χ1) is 8.49. The Kier molecular flexibility index (Phi) is 3.29. The highest BCUT2D eigenvalue weighted by Crippen LogP contribution is 2.18. The normalized spacial score (nSPS) is 12.9. The molecule has 2 heterocycles. The average Bonchev–Trinajstić information content (AvgIpc) is 2.71. The van der Waals surface area contributed by atoms with E-state index in [0.717, 1.165) is 11.0 Å². The van der Waals surface area contributed by atoms with Gasteiger partial charge in [0.2, 0.25) is 5.91 Å². The van der Waals surface area contributed by atoms with Gasteiger partial charge in [-0.25, -0.2) is 9.67 Å². The van der Waals surface area contributed by atoms with Gasteiger partial charge in [0.05, 0.1) is 24.1 Å². The van der Waals surface area contributed by atoms with E-state index in [-0.39, 0.29) is 11.9 Å². The minimum Gasteiger partial charge on any atom is -0.323 e. The molecule has 0 radical (unpaired) electrons. The number of carbonyl (C=O) groups is 1. The number of pyridine rings is 1. The highest BCUT2D eigenvalue weighted by atomic mass is 16.2. The van der Waals surface area contributed by atoms with Crippen LogP contribution < -0.4 is 11.1 Å². The molecule has 1 atom stereocenters. The number of fused-ring (bicyclic) bond motifs is 1. The fraction of sp³-hybridized carbons (Fsp3) is 0.417. The molecule has 2 aromatic heterocycles. The number of hydrogen-bond donors (Lipinski definition) is 2. The number of amides is 1. The van der Waals surface area contributed by atoms with E-state index in [1.54, 1.807) is 19.3 Å². The van der Waals surface area contributed by atoms with Crippen molar-refractivity contribution >= 4 is 22.6 Å². The maximum Gasteiger partial charge on any atom is 0.241 e. The Morgan fingerprint density at radius 2 is 2.11 bits per heavy atom. The number of aromatic nitrogens is 3. The Bertz CT molecular complexity index is 573. The Balaban J connectivity index is 2.32. The molecule has 1 unspecified atom stereocenters. The molecule has 0 fully saturated rings. The molecule has 3 N–H and O–H groups in total. The number of carbonyl (C=O) groups excluding carboxylic acids is 1. The molecule has 0 saturated heterocycles. The van der Waals surface area contributed by atoms with Gasteiger partial charge >= 0.3 is 0 Å². The number of rotatable bonds is 3. The lowest BCUT2D eigenvalue weighted by atomic mass is 10.3. The smallest absolute Gasteiger partial charge is 0.241 e. The summed E-state index contributed by atoms with van der Waals surface area (Å²) in [6.07, 6.45) is 3.35. The molecule has 0 spiro atoms. The second kappa shape index (κ2) is 4.73. The van der Waals surface area contributed by atoms with Crippen molar-refractivity contribution in [1.82, 2.24) is 14.8 Å². The number of nitrogens with one attached hydrogen (secondary N) is 1. The summed E-state index contributed by atoms with van der Waals surface area (Å²) in [5.41, 5.74) is 6.93. The maximum atomic E-state index is 11.5. The zero-order chi connectivity index (χ0) is 13.3. The molecule has 1 amide bonds. The van der Waals surface area contributed by atoms with Crippen molar-refractivity contribution in [1.29, 1.82) is 0 Å². The van der Waals surface area contributed by atoms with Crippen LogP contribution in [0.15, 0.2) is 18.5 Å². The van der Waals surface area contributed by atoms with Gasteiger partial charge in [-0.3, -0.25) is 4.79 Å². The summed E-state index contributed by atoms with van der Waals surface area (Å²) in [5.74, 6) is -0.229. The minimum absolute atomic E-state index is 0.229. The highest BCUT2D eigenvalue weighted by Gasteiger charge is 2.10. The predicted octanol–water partition coefficient (Wildman–Crippen LogP) is 1.30. The van der Waals surface area contributed by atoms with Crippen molar-refractivity contribution in [2.24, 2.45) is 5.73 Å². The first-order valence-electron chi connectivity index (χ1n) is 5.88. The Morgan fingerprint density at radius 1 is 1.39 bits per heavy atom. The van der Waals surface area contributed by atoms with Crippen molar-refractivity contribution in [3.8, 4) is 0 Å². The molecule has 2 rings (SSSR count). The van der Waals surface area contributed by atoms with Gasteiger partial charge in [0.15, 0.2) is 5.65 Å². The molecular formula is C12H17N5O. The third-order valence-electron chi connectivity index (χ3n) is 2.60. The first-order valence-corrected chi connectivity index (χ1v) is 5.88. The lowest BCUT2D eigenvalue weighted by Crippen LogP contribution is -2.32. The third kappa shape index (κ3) is 2.33. The zero-order valence-electron chi connectivity index (χ0n) is 10.7. The van der Waals surface area contributed by atoms with Gasteiger partial charge in [0, 0.05) is 11.4 Å². The molecule has 0 aromatic carbocycles.